The number of aryl methyl sites for hydroxylation is 2. The molecule has 0 unspecified atom stereocenters. The molecule has 4 nitrogen and oxygen atoms in total. The van der Waals surface area contributed by atoms with Gasteiger partial charge in [0.05, 0.1) is 5.56 Å². The number of nitrogens with zero attached hydrogens (tertiary/aromatic N) is 2. The standard InChI is InChI=1S/C19H25N3OS/c1-14-8-9-17(15(2)13-14)24-19-16(7-5-10-21-19)18(23)20-11-6-12-22(3)4/h5,7-10,13H,6,11-12H2,1-4H3,(H,20,23). The molecule has 0 fully saturated rings. The fraction of sp³-hybridized carbons (Fsp3) is 0.368. The van der Waals surface area contributed by atoms with Crippen LogP contribution in [0.3, 0.4) is 0 Å². The summed E-state index contributed by atoms with van der Waals surface area (Å²) >= 11 is 1.54. The summed E-state index contributed by atoms with van der Waals surface area (Å²) in [5, 5.41) is 3.73. The third-order valence-corrected chi connectivity index (χ3v) is 4.82. The predicted octanol–water partition coefficient (Wildman–Crippen LogP) is 3.53. The van der Waals surface area contributed by atoms with Crippen LogP contribution >= 0.6 is 11.8 Å². The maximum Gasteiger partial charge on any atom is 0.254 e. The van der Waals surface area contributed by atoms with Gasteiger partial charge in [0, 0.05) is 17.6 Å². The van der Waals surface area contributed by atoms with E-state index < -0.39 is 0 Å². The van der Waals surface area contributed by atoms with Crippen molar-refractivity contribution in [2.75, 3.05) is 27.2 Å². The lowest BCUT2D eigenvalue weighted by atomic mass is 10.2. The van der Waals surface area contributed by atoms with Gasteiger partial charge in [0.25, 0.3) is 5.91 Å². The van der Waals surface area contributed by atoms with E-state index in [1.165, 1.54) is 11.1 Å². The molecule has 128 valence electrons. The summed E-state index contributed by atoms with van der Waals surface area (Å²) in [6.45, 7) is 5.78. The number of nitrogens with one attached hydrogen (secondary N) is 1. The van der Waals surface area contributed by atoms with Gasteiger partial charge in [-0.1, -0.05) is 29.5 Å². The maximum atomic E-state index is 12.5. The van der Waals surface area contributed by atoms with Crippen molar-refractivity contribution in [3.05, 3.63) is 53.2 Å². The number of aromatic nitrogens is 1. The van der Waals surface area contributed by atoms with Crippen molar-refractivity contribution in [3.8, 4) is 0 Å². The van der Waals surface area contributed by atoms with E-state index in [4.69, 9.17) is 0 Å². The van der Waals surface area contributed by atoms with Crippen molar-refractivity contribution in [3.63, 3.8) is 0 Å². The number of pyridine rings is 1. The highest BCUT2D eigenvalue weighted by atomic mass is 32.2. The van der Waals surface area contributed by atoms with Gasteiger partial charge in [0.2, 0.25) is 0 Å². The molecule has 0 aliphatic carbocycles. The van der Waals surface area contributed by atoms with E-state index >= 15 is 0 Å². The second-order valence-electron chi connectivity index (χ2n) is 6.14. The summed E-state index contributed by atoms with van der Waals surface area (Å²) in [6.07, 6.45) is 2.66. The van der Waals surface area contributed by atoms with Crippen LogP contribution in [0.1, 0.15) is 27.9 Å². The van der Waals surface area contributed by atoms with Crippen molar-refractivity contribution < 1.29 is 4.79 Å². The monoisotopic (exact) mass is 343 g/mol. The Bertz CT molecular complexity index is 701. The Kier molecular flexibility index (Phi) is 6.82. The first-order valence-electron chi connectivity index (χ1n) is 8.10. The normalized spacial score (nSPS) is 10.9. The molecular weight excluding hydrogens is 318 g/mol. The topological polar surface area (TPSA) is 45.2 Å². The number of carbonyl (C=O) groups excluding carboxylic acids is 1. The summed E-state index contributed by atoms with van der Waals surface area (Å²) in [5.41, 5.74) is 3.06. The molecular formula is C19H25N3OS. The van der Waals surface area contributed by atoms with Gasteiger partial charge in [0.15, 0.2) is 0 Å². The number of hydrogen-bond acceptors (Lipinski definition) is 4. The Morgan fingerprint density at radius 2 is 2.04 bits per heavy atom. The van der Waals surface area contributed by atoms with Gasteiger partial charge in [-0.2, -0.15) is 0 Å². The van der Waals surface area contributed by atoms with Gasteiger partial charge in [-0.15, -0.1) is 0 Å². The van der Waals surface area contributed by atoms with Crippen molar-refractivity contribution >= 4 is 17.7 Å². The maximum absolute atomic E-state index is 12.5. The van der Waals surface area contributed by atoms with E-state index in [1.807, 2.05) is 20.2 Å². The largest absolute Gasteiger partial charge is 0.352 e. The van der Waals surface area contributed by atoms with Crippen LogP contribution in [0.2, 0.25) is 0 Å². The van der Waals surface area contributed by atoms with Crippen LogP contribution in [0.15, 0.2) is 46.5 Å². The summed E-state index contributed by atoms with van der Waals surface area (Å²) in [7, 11) is 4.06. The van der Waals surface area contributed by atoms with Crippen LogP contribution in [0.5, 0.6) is 0 Å². The zero-order chi connectivity index (χ0) is 17.5. The lowest BCUT2D eigenvalue weighted by molar-refractivity contribution is 0.0948. The Labute approximate surface area is 148 Å². The van der Waals surface area contributed by atoms with Gasteiger partial charge in [-0.05, 0) is 64.7 Å². The second kappa shape index (κ2) is 8.85. The van der Waals surface area contributed by atoms with Gasteiger partial charge in [-0.25, -0.2) is 4.98 Å². The molecule has 0 aliphatic heterocycles. The Morgan fingerprint density at radius 1 is 1.25 bits per heavy atom. The van der Waals surface area contributed by atoms with Gasteiger partial charge in [-0.3, -0.25) is 4.79 Å². The van der Waals surface area contributed by atoms with Crippen LogP contribution in [0, 0.1) is 13.8 Å². The van der Waals surface area contributed by atoms with Crippen molar-refractivity contribution in [1.29, 1.82) is 0 Å². The first-order chi connectivity index (χ1) is 11.5. The molecule has 1 N–H and O–H groups in total. The minimum absolute atomic E-state index is 0.0610. The van der Waals surface area contributed by atoms with Crippen molar-refractivity contribution in [2.24, 2.45) is 0 Å². The highest BCUT2D eigenvalue weighted by Crippen LogP contribution is 2.31. The Hall–Kier alpha value is -1.85. The average molecular weight is 343 g/mol. The molecule has 24 heavy (non-hydrogen) atoms. The molecule has 2 rings (SSSR count). The summed E-state index contributed by atoms with van der Waals surface area (Å²) in [5.74, 6) is -0.0610. The number of amides is 1. The fourth-order valence-electron chi connectivity index (χ4n) is 2.36. The SMILES string of the molecule is Cc1ccc(Sc2ncccc2C(=O)NCCCN(C)C)c(C)c1. The van der Waals surface area contributed by atoms with Crippen molar-refractivity contribution in [2.45, 2.75) is 30.2 Å². The molecule has 0 bridgehead atoms. The fourth-order valence-corrected chi connectivity index (χ4v) is 3.30. The van der Waals surface area contributed by atoms with E-state index in [9.17, 15) is 4.79 Å². The Balaban J connectivity index is 2.08. The highest BCUT2D eigenvalue weighted by Gasteiger charge is 2.14. The van der Waals surface area contributed by atoms with E-state index in [0.717, 1.165) is 22.9 Å². The highest BCUT2D eigenvalue weighted by molar-refractivity contribution is 7.99. The first-order valence-corrected chi connectivity index (χ1v) is 8.92. The summed E-state index contributed by atoms with van der Waals surface area (Å²) in [4.78, 5) is 20.1. The third-order valence-electron chi connectivity index (χ3n) is 3.62. The third kappa shape index (κ3) is 5.35. The van der Waals surface area contributed by atoms with Gasteiger partial charge < -0.3 is 10.2 Å². The molecule has 1 aromatic heterocycles. The number of benzene rings is 1. The lowest BCUT2D eigenvalue weighted by Crippen LogP contribution is -2.27. The smallest absolute Gasteiger partial charge is 0.254 e. The molecule has 0 spiro atoms. The van der Waals surface area contributed by atoms with Crippen LogP contribution in [-0.2, 0) is 0 Å². The van der Waals surface area contributed by atoms with E-state index in [0.29, 0.717) is 12.1 Å². The van der Waals surface area contributed by atoms with Crippen LogP contribution < -0.4 is 5.32 Å². The van der Waals surface area contributed by atoms with E-state index in [1.54, 1.807) is 24.0 Å². The summed E-state index contributed by atoms with van der Waals surface area (Å²) < 4.78 is 0. The second-order valence-corrected chi connectivity index (χ2v) is 7.17. The summed E-state index contributed by atoms with van der Waals surface area (Å²) in [6, 6.07) is 9.95. The van der Waals surface area contributed by atoms with Crippen molar-refractivity contribution in [1.82, 2.24) is 15.2 Å². The predicted molar refractivity (Wildman–Crippen MR) is 99.8 cm³/mol. The molecule has 5 heteroatoms. The first kappa shape index (κ1) is 18.5. The average Bonchev–Trinajstić information content (AvgIpc) is 2.54. The van der Waals surface area contributed by atoms with Crippen LogP contribution in [0.25, 0.3) is 0 Å². The molecule has 1 aromatic carbocycles. The van der Waals surface area contributed by atoms with Crippen LogP contribution in [-0.4, -0.2) is 43.0 Å². The minimum Gasteiger partial charge on any atom is -0.352 e. The lowest BCUT2D eigenvalue weighted by Gasteiger charge is -2.12. The molecule has 1 heterocycles. The number of rotatable bonds is 7. The molecule has 0 saturated heterocycles. The molecule has 0 atom stereocenters. The van der Waals surface area contributed by atoms with Crippen LogP contribution in [0.4, 0.5) is 0 Å². The van der Waals surface area contributed by atoms with E-state index in [-0.39, 0.29) is 5.91 Å². The Morgan fingerprint density at radius 3 is 2.75 bits per heavy atom. The molecule has 1 amide bonds. The number of hydrogen-bond donors (Lipinski definition) is 1. The molecule has 0 aliphatic rings. The van der Waals surface area contributed by atoms with Gasteiger partial charge >= 0.3 is 0 Å². The molecule has 2 aromatic rings. The number of carbonyl (C=O) groups is 1. The minimum atomic E-state index is -0.0610. The van der Waals surface area contributed by atoms with Gasteiger partial charge in [0.1, 0.15) is 5.03 Å². The quantitative estimate of drug-likeness (QED) is 0.781. The molecule has 0 saturated carbocycles. The van der Waals surface area contributed by atoms with E-state index in [2.05, 4.69) is 47.2 Å². The zero-order valence-corrected chi connectivity index (χ0v) is 15.6. The zero-order valence-electron chi connectivity index (χ0n) is 14.8. The molecule has 0 radical (unpaired) electrons.